The van der Waals surface area contributed by atoms with E-state index in [1.165, 1.54) is 24.3 Å². The second kappa shape index (κ2) is 7.18. The molecule has 2 N–H and O–H groups in total. The molecule has 1 atom stereocenters. The number of hydrogen-bond acceptors (Lipinski definition) is 4. The van der Waals surface area contributed by atoms with Gasteiger partial charge in [-0.1, -0.05) is 0 Å². The first-order valence-electron chi connectivity index (χ1n) is 7.31. The van der Waals surface area contributed by atoms with Gasteiger partial charge in [0.1, 0.15) is 5.82 Å². The Labute approximate surface area is 134 Å². The van der Waals surface area contributed by atoms with Crippen molar-refractivity contribution in [1.29, 1.82) is 0 Å². The van der Waals surface area contributed by atoms with Gasteiger partial charge in [0.25, 0.3) is 0 Å². The van der Waals surface area contributed by atoms with Crippen LogP contribution in [0.1, 0.15) is 29.6 Å². The fraction of sp³-hybridized carbons (Fsp3) is 0.467. The third-order valence-corrected chi connectivity index (χ3v) is 4.77. The van der Waals surface area contributed by atoms with Gasteiger partial charge < -0.3 is 4.90 Å². The van der Waals surface area contributed by atoms with E-state index in [1.54, 1.807) is 4.90 Å². The van der Waals surface area contributed by atoms with Gasteiger partial charge in [-0.2, -0.15) is 0 Å². The van der Waals surface area contributed by atoms with Crippen molar-refractivity contribution in [3.05, 3.63) is 35.6 Å². The van der Waals surface area contributed by atoms with Crippen molar-refractivity contribution >= 4 is 21.7 Å². The number of nitrogens with zero attached hydrogens (tertiary/aromatic N) is 1. The van der Waals surface area contributed by atoms with Gasteiger partial charge in [0.15, 0.2) is 5.78 Å². The second-order valence-corrected chi connectivity index (χ2v) is 7.41. The number of carbonyl (C=O) groups is 2. The summed E-state index contributed by atoms with van der Waals surface area (Å²) in [5.74, 6) is -1.11. The van der Waals surface area contributed by atoms with Gasteiger partial charge in [0, 0.05) is 31.5 Å². The van der Waals surface area contributed by atoms with E-state index in [4.69, 9.17) is 5.14 Å². The molecule has 126 valence electrons. The highest BCUT2D eigenvalue weighted by molar-refractivity contribution is 7.89. The molecule has 1 heterocycles. The Hall–Kier alpha value is -1.80. The molecule has 0 bridgehead atoms. The lowest BCUT2D eigenvalue weighted by atomic mass is 10.1. The maximum atomic E-state index is 12.8. The molecule has 1 amide bonds. The molecule has 8 heteroatoms. The summed E-state index contributed by atoms with van der Waals surface area (Å²) in [5, 5.41) is 5.01. The third-order valence-electron chi connectivity index (χ3n) is 3.84. The summed E-state index contributed by atoms with van der Waals surface area (Å²) in [7, 11) is -3.54. The molecule has 1 aliphatic rings. The summed E-state index contributed by atoms with van der Waals surface area (Å²) in [6.45, 7) is 0.823. The Morgan fingerprint density at radius 1 is 1.22 bits per heavy atom. The van der Waals surface area contributed by atoms with Crippen LogP contribution in [0.2, 0.25) is 0 Å². The van der Waals surface area contributed by atoms with E-state index in [0.29, 0.717) is 25.1 Å². The van der Waals surface area contributed by atoms with Crippen molar-refractivity contribution in [1.82, 2.24) is 4.90 Å². The molecule has 6 nitrogen and oxygen atoms in total. The lowest BCUT2D eigenvalue weighted by Crippen LogP contribution is -2.31. The monoisotopic (exact) mass is 342 g/mol. The zero-order valence-corrected chi connectivity index (χ0v) is 13.4. The molecule has 23 heavy (non-hydrogen) atoms. The van der Waals surface area contributed by atoms with E-state index in [0.717, 1.165) is 0 Å². The number of hydrogen-bond donors (Lipinski definition) is 1. The van der Waals surface area contributed by atoms with E-state index >= 15 is 0 Å². The SMILES string of the molecule is NS(=O)(=O)CC1CCN(C(=O)CCC(=O)c2ccc(F)cc2)C1. The number of likely N-dealkylation sites (tertiary alicyclic amines) is 1. The first kappa shape index (κ1) is 17.6. The first-order valence-corrected chi connectivity index (χ1v) is 9.03. The van der Waals surface area contributed by atoms with E-state index in [2.05, 4.69) is 0 Å². The summed E-state index contributed by atoms with van der Waals surface area (Å²) >= 11 is 0. The maximum absolute atomic E-state index is 12.8. The highest BCUT2D eigenvalue weighted by Gasteiger charge is 2.28. The minimum absolute atomic E-state index is 0.0425. The number of rotatable bonds is 6. The van der Waals surface area contributed by atoms with Crippen molar-refractivity contribution in [2.75, 3.05) is 18.8 Å². The quantitative estimate of drug-likeness (QED) is 0.778. The molecular formula is C15H19FN2O4S. The van der Waals surface area contributed by atoms with E-state index in [9.17, 15) is 22.4 Å². The number of carbonyl (C=O) groups excluding carboxylic acids is 2. The highest BCUT2D eigenvalue weighted by Crippen LogP contribution is 2.19. The zero-order valence-electron chi connectivity index (χ0n) is 12.6. The molecule has 1 aliphatic heterocycles. The van der Waals surface area contributed by atoms with Crippen LogP contribution < -0.4 is 5.14 Å². The van der Waals surface area contributed by atoms with Gasteiger partial charge in [0.05, 0.1) is 5.75 Å². The van der Waals surface area contributed by atoms with Crippen LogP contribution in [0, 0.1) is 11.7 Å². The van der Waals surface area contributed by atoms with Crippen molar-refractivity contribution < 1.29 is 22.4 Å². The summed E-state index contributed by atoms with van der Waals surface area (Å²) in [6.07, 6.45) is 0.688. The van der Waals surface area contributed by atoms with Crippen LogP contribution in [0.4, 0.5) is 4.39 Å². The number of primary sulfonamides is 1. The second-order valence-electron chi connectivity index (χ2n) is 5.75. The fourth-order valence-corrected chi connectivity index (χ4v) is 3.61. The molecule has 2 rings (SSSR count). The molecular weight excluding hydrogens is 323 g/mol. The van der Waals surface area contributed by atoms with Crippen LogP contribution in [0.5, 0.6) is 0 Å². The summed E-state index contributed by atoms with van der Waals surface area (Å²) in [4.78, 5) is 25.6. The highest BCUT2D eigenvalue weighted by atomic mass is 32.2. The first-order chi connectivity index (χ1) is 10.7. The molecule has 0 spiro atoms. The predicted octanol–water partition coefficient (Wildman–Crippen LogP) is 0.926. The van der Waals surface area contributed by atoms with Crippen molar-refractivity contribution in [2.45, 2.75) is 19.3 Å². The predicted molar refractivity (Wildman–Crippen MR) is 82.6 cm³/mol. The van der Waals surface area contributed by atoms with Crippen LogP contribution in [0.15, 0.2) is 24.3 Å². The number of sulfonamides is 1. The summed E-state index contributed by atoms with van der Waals surface area (Å²) in [5.41, 5.74) is 0.368. The Morgan fingerprint density at radius 3 is 2.48 bits per heavy atom. The van der Waals surface area contributed by atoms with E-state index in [-0.39, 0.29) is 36.2 Å². The van der Waals surface area contributed by atoms with Crippen molar-refractivity contribution in [3.63, 3.8) is 0 Å². The van der Waals surface area contributed by atoms with Crippen molar-refractivity contribution in [3.8, 4) is 0 Å². The zero-order chi connectivity index (χ0) is 17.0. The fourth-order valence-electron chi connectivity index (χ4n) is 2.68. The topological polar surface area (TPSA) is 97.5 Å². The molecule has 1 aromatic rings. The van der Waals surface area contributed by atoms with E-state index in [1.807, 2.05) is 0 Å². The third kappa shape index (κ3) is 5.40. The largest absolute Gasteiger partial charge is 0.342 e. The molecule has 0 aliphatic carbocycles. The number of benzene rings is 1. The molecule has 0 radical (unpaired) electrons. The van der Waals surface area contributed by atoms with Crippen molar-refractivity contribution in [2.24, 2.45) is 11.1 Å². The van der Waals surface area contributed by atoms with Gasteiger partial charge in [-0.15, -0.1) is 0 Å². The lowest BCUT2D eigenvalue weighted by Gasteiger charge is -2.16. The van der Waals surface area contributed by atoms with Gasteiger partial charge in [-0.3, -0.25) is 9.59 Å². The number of nitrogens with two attached hydrogens (primary N) is 1. The molecule has 1 aromatic carbocycles. The van der Waals surface area contributed by atoms with Gasteiger partial charge in [-0.25, -0.2) is 17.9 Å². The summed E-state index contributed by atoms with van der Waals surface area (Å²) < 4.78 is 34.9. The number of amides is 1. The average molecular weight is 342 g/mol. The Morgan fingerprint density at radius 2 is 1.87 bits per heavy atom. The van der Waals surface area contributed by atoms with E-state index < -0.39 is 15.8 Å². The van der Waals surface area contributed by atoms with Crippen LogP contribution in [0.25, 0.3) is 0 Å². The number of halogens is 1. The smallest absolute Gasteiger partial charge is 0.223 e. The van der Waals surface area contributed by atoms with Gasteiger partial charge >= 0.3 is 0 Å². The Kier molecular flexibility index (Phi) is 5.48. The number of ketones is 1. The minimum atomic E-state index is -3.54. The van der Waals surface area contributed by atoms with Gasteiger partial charge in [0.2, 0.25) is 15.9 Å². The molecule has 0 aromatic heterocycles. The molecule has 1 fully saturated rings. The molecule has 1 saturated heterocycles. The molecule has 1 unspecified atom stereocenters. The van der Waals surface area contributed by atoms with Crippen LogP contribution >= 0.6 is 0 Å². The standard InChI is InChI=1S/C15H19FN2O4S/c16-13-3-1-12(2-4-13)14(19)5-6-15(20)18-8-7-11(9-18)10-23(17,21)22/h1-4,11H,5-10H2,(H2,17,21,22). The minimum Gasteiger partial charge on any atom is -0.342 e. The van der Waals surface area contributed by atoms with Crippen LogP contribution in [0.3, 0.4) is 0 Å². The Bertz CT molecular complexity index is 688. The van der Waals surface area contributed by atoms with Crippen LogP contribution in [-0.2, 0) is 14.8 Å². The van der Waals surface area contributed by atoms with Crippen LogP contribution in [-0.4, -0.2) is 43.9 Å². The van der Waals surface area contributed by atoms with Gasteiger partial charge in [-0.05, 0) is 36.6 Å². The summed E-state index contributed by atoms with van der Waals surface area (Å²) in [6, 6.07) is 5.18. The normalized spacial score (nSPS) is 18.2. The maximum Gasteiger partial charge on any atom is 0.223 e. The average Bonchev–Trinajstić information content (AvgIpc) is 2.91. The number of Topliss-reactive ketones (excluding diaryl/α,β-unsaturated/α-hetero) is 1. The Balaban J connectivity index is 1.81. The molecule has 0 saturated carbocycles. The lowest BCUT2D eigenvalue weighted by molar-refractivity contribution is -0.130.